The zero-order valence-electron chi connectivity index (χ0n) is 9.84. The Morgan fingerprint density at radius 2 is 1.85 bits per heavy atom. The van der Waals surface area contributed by atoms with Crippen molar-refractivity contribution < 1.29 is 4.74 Å². The fourth-order valence-corrected chi connectivity index (χ4v) is 1.31. The zero-order chi connectivity index (χ0) is 10.3. The summed E-state index contributed by atoms with van der Waals surface area (Å²) in [5.41, 5.74) is 0. The number of ether oxygens (including phenoxy) is 1. The van der Waals surface area contributed by atoms with Crippen molar-refractivity contribution in [2.45, 2.75) is 39.7 Å². The molecule has 1 atom stereocenters. The number of likely N-dealkylation sites (tertiary alicyclic amines) is 1. The second-order valence-electron chi connectivity index (χ2n) is 4.49. The molecule has 0 radical (unpaired) electrons. The summed E-state index contributed by atoms with van der Waals surface area (Å²) in [4.78, 5) is 2.32. The molecule has 1 saturated heterocycles. The first-order valence-electron chi connectivity index (χ1n) is 5.27. The Bertz CT molecular complexity index is 112. The van der Waals surface area contributed by atoms with Crippen molar-refractivity contribution >= 4 is 0 Å². The van der Waals surface area contributed by atoms with Crippen molar-refractivity contribution in [2.24, 2.45) is 5.92 Å². The third-order valence-electron chi connectivity index (χ3n) is 1.91. The molecule has 1 heterocycles. The van der Waals surface area contributed by atoms with E-state index in [0.29, 0.717) is 6.10 Å². The molecule has 2 heteroatoms. The fourth-order valence-electron chi connectivity index (χ4n) is 1.31. The summed E-state index contributed by atoms with van der Waals surface area (Å²) in [6, 6.07) is 0. The smallest absolute Gasteiger partial charge is 0.0698 e. The Balaban J connectivity index is 0.000000310. The lowest BCUT2D eigenvalue weighted by Crippen LogP contribution is -2.36. The Morgan fingerprint density at radius 3 is 2.15 bits per heavy atom. The van der Waals surface area contributed by atoms with E-state index in [1.54, 1.807) is 7.11 Å². The van der Waals surface area contributed by atoms with Crippen LogP contribution in [0.15, 0.2) is 0 Å². The molecule has 1 fully saturated rings. The molecule has 0 amide bonds. The van der Waals surface area contributed by atoms with E-state index < -0.39 is 0 Å². The lowest BCUT2D eigenvalue weighted by molar-refractivity contribution is 0.0408. The van der Waals surface area contributed by atoms with E-state index in [1.165, 1.54) is 19.4 Å². The molecule has 13 heavy (non-hydrogen) atoms. The standard InChI is InChI=1S/C7H15NO.C4H10/c1-8-5-3-4-7(6-8)9-2;1-4(2)3/h7H,3-6H2,1-2H3;4H,1-3H3. The molecular weight excluding hydrogens is 162 g/mol. The average molecular weight is 187 g/mol. The van der Waals surface area contributed by atoms with Crippen LogP contribution >= 0.6 is 0 Å². The van der Waals surface area contributed by atoms with Gasteiger partial charge in [0.1, 0.15) is 0 Å². The van der Waals surface area contributed by atoms with E-state index in [2.05, 4.69) is 32.7 Å². The van der Waals surface area contributed by atoms with Gasteiger partial charge < -0.3 is 9.64 Å². The van der Waals surface area contributed by atoms with Gasteiger partial charge in [0.2, 0.25) is 0 Å². The number of nitrogens with zero attached hydrogens (tertiary/aromatic N) is 1. The van der Waals surface area contributed by atoms with Crippen LogP contribution in [0, 0.1) is 5.92 Å². The number of hydrogen-bond donors (Lipinski definition) is 0. The summed E-state index contributed by atoms with van der Waals surface area (Å²) < 4.78 is 5.22. The van der Waals surface area contributed by atoms with Gasteiger partial charge in [-0.3, -0.25) is 0 Å². The molecule has 0 aromatic carbocycles. The van der Waals surface area contributed by atoms with Gasteiger partial charge in [0.25, 0.3) is 0 Å². The van der Waals surface area contributed by atoms with Crippen molar-refractivity contribution in [2.75, 3.05) is 27.2 Å². The lowest BCUT2D eigenvalue weighted by Gasteiger charge is -2.28. The number of rotatable bonds is 1. The molecule has 2 nitrogen and oxygen atoms in total. The minimum Gasteiger partial charge on any atom is -0.380 e. The largest absolute Gasteiger partial charge is 0.380 e. The number of methoxy groups -OCH3 is 1. The maximum atomic E-state index is 5.22. The first kappa shape index (κ1) is 12.9. The minimum atomic E-state index is 0.490. The van der Waals surface area contributed by atoms with Crippen molar-refractivity contribution in [1.29, 1.82) is 0 Å². The molecule has 0 spiro atoms. The Hall–Kier alpha value is -0.0800. The molecule has 0 N–H and O–H groups in total. The third-order valence-corrected chi connectivity index (χ3v) is 1.91. The summed E-state index contributed by atoms with van der Waals surface area (Å²) in [6.45, 7) is 8.84. The van der Waals surface area contributed by atoms with E-state index in [0.717, 1.165) is 12.5 Å². The fraction of sp³-hybridized carbons (Fsp3) is 1.00. The molecule has 1 aliphatic rings. The van der Waals surface area contributed by atoms with Crippen LogP contribution in [0.5, 0.6) is 0 Å². The number of hydrogen-bond acceptors (Lipinski definition) is 2. The molecule has 1 aliphatic heterocycles. The highest BCUT2D eigenvalue weighted by Gasteiger charge is 2.15. The maximum absolute atomic E-state index is 5.22. The zero-order valence-corrected chi connectivity index (χ0v) is 9.84. The lowest BCUT2D eigenvalue weighted by atomic mass is 10.1. The van der Waals surface area contributed by atoms with Gasteiger partial charge in [0.15, 0.2) is 0 Å². The molecule has 0 aliphatic carbocycles. The SMILES string of the molecule is CC(C)C.COC1CCCN(C)C1. The van der Waals surface area contributed by atoms with Gasteiger partial charge >= 0.3 is 0 Å². The third kappa shape index (κ3) is 8.26. The van der Waals surface area contributed by atoms with Crippen LogP contribution in [0.25, 0.3) is 0 Å². The van der Waals surface area contributed by atoms with Gasteiger partial charge in [-0.05, 0) is 32.4 Å². The molecular formula is C11H25NO. The Labute approximate surface area is 83.3 Å². The first-order chi connectivity index (χ1) is 6.06. The van der Waals surface area contributed by atoms with Crippen molar-refractivity contribution in [3.05, 3.63) is 0 Å². The summed E-state index contributed by atoms with van der Waals surface area (Å²) in [6.07, 6.45) is 3.01. The van der Waals surface area contributed by atoms with Crippen molar-refractivity contribution in [3.63, 3.8) is 0 Å². The highest BCUT2D eigenvalue weighted by Crippen LogP contribution is 2.09. The molecule has 80 valence electrons. The van der Waals surface area contributed by atoms with Crippen LogP contribution < -0.4 is 0 Å². The molecule has 1 unspecified atom stereocenters. The van der Waals surface area contributed by atoms with Crippen molar-refractivity contribution in [1.82, 2.24) is 4.90 Å². The monoisotopic (exact) mass is 187 g/mol. The van der Waals surface area contributed by atoms with Gasteiger partial charge in [-0.25, -0.2) is 0 Å². The maximum Gasteiger partial charge on any atom is 0.0698 e. The number of piperidine rings is 1. The minimum absolute atomic E-state index is 0.490. The summed E-state index contributed by atoms with van der Waals surface area (Å²) in [5.74, 6) is 0.833. The van der Waals surface area contributed by atoms with Gasteiger partial charge in [-0.15, -0.1) is 0 Å². The Morgan fingerprint density at radius 1 is 1.31 bits per heavy atom. The molecule has 0 bridgehead atoms. The van der Waals surface area contributed by atoms with E-state index in [9.17, 15) is 0 Å². The van der Waals surface area contributed by atoms with Gasteiger partial charge in [0.05, 0.1) is 6.10 Å². The molecule has 1 rings (SSSR count). The van der Waals surface area contributed by atoms with E-state index >= 15 is 0 Å². The van der Waals surface area contributed by atoms with E-state index in [-0.39, 0.29) is 0 Å². The van der Waals surface area contributed by atoms with Gasteiger partial charge in [-0.1, -0.05) is 20.8 Å². The second kappa shape index (κ2) is 7.34. The van der Waals surface area contributed by atoms with Crippen LogP contribution in [-0.2, 0) is 4.74 Å². The molecule has 0 saturated carbocycles. The van der Waals surface area contributed by atoms with Crippen LogP contribution in [0.3, 0.4) is 0 Å². The molecule has 0 aromatic rings. The Kier molecular flexibility index (Phi) is 7.29. The van der Waals surface area contributed by atoms with Gasteiger partial charge in [-0.2, -0.15) is 0 Å². The van der Waals surface area contributed by atoms with E-state index in [4.69, 9.17) is 4.74 Å². The van der Waals surface area contributed by atoms with Crippen LogP contribution in [-0.4, -0.2) is 38.3 Å². The predicted molar refractivity (Wildman–Crippen MR) is 58.0 cm³/mol. The molecule has 0 aromatic heterocycles. The predicted octanol–water partition coefficient (Wildman–Crippen LogP) is 2.39. The van der Waals surface area contributed by atoms with Crippen LogP contribution in [0.2, 0.25) is 0 Å². The topological polar surface area (TPSA) is 12.5 Å². The second-order valence-corrected chi connectivity index (χ2v) is 4.49. The summed E-state index contributed by atoms with van der Waals surface area (Å²) in [7, 11) is 3.94. The van der Waals surface area contributed by atoms with E-state index in [1.807, 2.05) is 0 Å². The summed E-state index contributed by atoms with van der Waals surface area (Å²) >= 11 is 0. The summed E-state index contributed by atoms with van der Waals surface area (Å²) in [5, 5.41) is 0. The highest BCUT2D eigenvalue weighted by atomic mass is 16.5. The normalized spacial score (nSPS) is 24.0. The number of likely N-dealkylation sites (N-methyl/N-ethyl adjacent to an activating group) is 1. The quantitative estimate of drug-likeness (QED) is 0.625. The average Bonchev–Trinajstić information content (AvgIpc) is 2.03. The van der Waals surface area contributed by atoms with Crippen LogP contribution in [0.1, 0.15) is 33.6 Å². The van der Waals surface area contributed by atoms with Crippen molar-refractivity contribution in [3.8, 4) is 0 Å². The van der Waals surface area contributed by atoms with Gasteiger partial charge in [0, 0.05) is 13.7 Å². The first-order valence-corrected chi connectivity index (χ1v) is 5.27. The van der Waals surface area contributed by atoms with Crippen LogP contribution in [0.4, 0.5) is 0 Å². The highest BCUT2D eigenvalue weighted by molar-refractivity contribution is 4.69.